The van der Waals surface area contributed by atoms with Crippen LogP contribution in [-0.2, 0) is 28.8 Å². The van der Waals surface area contributed by atoms with Gasteiger partial charge in [0.15, 0.2) is 11.6 Å². The number of carboxylic acid groups (broad SMARTS) is 1. The van der Waals surface area contributed by atoms with Crippen molar-refractivity contribution in [2.75, 3.05) is 0 Å². The Balaban J connectivity index is 5.60. The van der Waals surface area contributed by atoms with Crippen LogP contribution in [0.15, 0.2) is 0 Å². The molecule has 0 aromatic carbocycles. The van der Waals surface area contributed by atoms with Crippen molar-refractivity contribution in [3.63, 3.8) is 0 Å². The molecular weight excluding hydrogens is 616 g/mol. The largest absolute Gasteiger partial charge is 0.481 e. The van der Waals surface area contributed by atoms with Gasteiger partial charge in [0.1, 0.15) is 5.78 Å². The Morgan fingerprint density at radius 1 is 0.542 bits per heavy atom. The number of rotatable bonds is 25. The normalized spacial score (nSPS) is 16.4. The molecule has 0 rings (SSSR count). The summed E-state index contributed by atoms with van der Waals surface area (Å²) in [6.07, 6.45) is -2.01. The monoisotopic (exact) mass is 682 g/mol. The summed E-state index contributed by atoms with van der Waals surface area (Å²) in [5.41, 5.74) is 0. The first-order valence-electron chi connectivity index (χ1n) is 17.8. The van der Waals surface area contributed by atoms with Crippen LogP contribution in [0.1, 0.15) is 128 Å². The lowest BCUT2D eigenvalue weighted by Crippen LogP contribution is -2.49. The van der Waals surface area contributed by atoms with E-state index in [2.05, 4.69) is 10.6 Å². The summed E-state index contributed by atoms with van der Waals surface area (Å²) in [4.78, 5) is 76.5. The molecule has 0 saturated carbocycles. The fraction of sp³-hybridized carbons (Fsp3) is 0.838. The molecule has 5 N–H and O–H groups in total. The van der Waals surface area contributed by atoms with Gasteiger partial charge in [0.2, 0.25) is 11.8 Å². The molecule has 11 nitrogen and oxygen atoms in total. The van der Waals surface area contributed by atoms with Crippen molar-refractivity contribution in [1.29, 1.82) is 0 Å². The highest BCUT2D eigenvalue weighted by atomic mass is 16.4. The number of ketones is 3. The number of hydrogen-bond donors (Lipinski definition) is 5. The number of carbonyl (C=O) groups excluding carboxylic acids is 5. The first-order chi connectivity index (χ1) is 22.0. The van der Waals surface area contributed by atoms with E-state index in [0.29, 0.717) is 19.3 Å². The first kappa shape index (κ1) is 45.3. The molecule has 2 amide bonds. The van der Waals surface area contributed by atoms with Gasteiger partial charge in [0.25, 0.3) is 0 Å². The van der Waals surface area contributed by atoms with Crippen molar-refractivity contribution < 1.29 is 44.1 Å². The topological polar surface area (TPSA) is 187 Å². The molecule has 278 valence electrons. The van der Waals surface area contributed by atoms with Crippen molar-refractivity contribution >= 4 is 35.1 Å². The molecule has 11 heteroatoms. The lowest BCUT2D eigenvalue weighted by atomic mass is 9.83. The zero-order valence-corrected chi connectivity index (χ0v) is 31.4. The number of carboxylic acids is 1. The Hall–Kier alpha value is -2.66. The maximum absolute atomic E-state index is 13.6. The maximum Gasteiger partial charge on any atom is 0.305 e. The number of hydrogen-bond acceptors (Lipinski definition) is 8. The molecule has 48 heavy (non-hydrogen) atoms. The Labute approximate surface area is 288 Å². The van der Waals surface area contributed by atoms with E-state index in [4.69, 9.17) is 5.11 Å². The zero-order valence-electron chi connectivity index (χ0n) is 31.4. The SMILES string of the molecule is CC(C)CC(=O)C[C@@H](C(=O)N[C@H](C(=O)C[C@H](CC(C)C)[C@H](O)CC(=O)N[C@H](C)C(=O)C[C@H](CC(C)C)[C@H](O)CC(=O)O)C(C)C)C(C)C. The maximum atomic E-state index is 13.6. The van der Waals surface area contributed by atoms with Crippen molar-refractivity contribution in [2.24, 2.45) is 47.3 Å². The lowest BCUT2D eigenvalue weighted by Gasteiger charge is -2.29. The molecule has 0 aliphatic carbocycles. The summed E-state index contributed by atoms with van der Waals surface area (Å²) in [6.45, 7) is 20.5. The lowest BCUT2D eigenvalue weighted by molar-refractivity contribution is -0.140. The van der Waals surface area contributed by atoms with Crippen molar-refractivity contribution in [3.8, 4) is 0 Å². The Bertz CT molecular complexity index is 1050. The highest BCUT2D eigenvalue weighted by Gasteiger charge is 2.34. The highest BCUT2D eigenvalue weighted by molar-refractivity contribution is 5.92. The number of aliphatic hydroxyl groups is 2. The van der Waals surface area contributed by atoms with Crippen LogP contribution in [0.3, 0.4) is 0 Å². The number of amides is 2. The number of aliphatic carboxylic acids is 1. The summed E-state index contributed by atoms with van der Waals surface area (Å²) in [7, 11) is 0. The average molecular weight is 683 g/mol. The second-order valence-corrected chi connectivity index (χ2v) is 15.8. The third-order valence-electron chi connectivity index (χ3n) is 8.74. The number of nitrogens with one attached hydrogen (secondary N) is 2. The third kappa shape index (κ3) is 18.2. The highest BCUT2D eigenvalue weighted by Crippen LogP contribution is 2.26. The molecule has 0 saturated heterocycles. The number of carbonyl (C=O) groups is 6. The Morgan fingerprint density at radius 3 is 1.44 bits per heavy atom. The molecular formula is C37H66N2O9. The second kappa shape index (κ2) is 22.1. The van der Waals surface area contributed by atoms with Gasteiger partial charge < -0.3 is 26.0 Å². The minimum absolute atomic E-state index is 0.00633. The summed E-state index contributed by atoms with van der Waals surface area (Å²) in [5, 5.41) is 36.1. The van der Waals surface area contributed by atoms with E-state index >= 15 is 0 Å². The molecule has 0 aliphatic heterocycles. The van der Waals surface area contributed by atoms with E-state index in [9.17, 15) is 39.0 Å². The van der Waals surface area contributed by atoms with E-state index in [1.54, 1.807) is 0 Å². The van der Waals surface area contributed by atoms with Gasteiger partial charge in [-0.15, -0.1) is 0 Å². The van der Waals surface area contributed by atoms with E-state index in [1.165, 1.54) is 6.92 Å². The van der Waals surface area contributed by atoms with Crippen LogP contribution in [0, 0.1) is 47.3 Å². The van der Waals surface area contributed by atoms with E-state index < -0.39 is 60.3 Å². The Kier molecular flexibility index (Phi) is 20.9. The Morgan fingerprint density at radius 2 is 1.02 bits per heavy atom. The fourth-order valence-electron chi connectivity index (χ4n) is 6.16. The standard InChI is InChI=1S/C37H66N2O9/c1-20(2)12-26(32(43)19-35(46)47)15-30(41)25(11)38-34(45)18-31(42)27(13-21(3)4)16-33(44)36(24(9)10)39-37(48)29(23(7)8)17-28(40)14-22(5)6/h20-27,29,31-32,36,42-43H,12-19H2,1-11H3,(H,38,45)(H,39,48)(H,46,47)/t25-,26+,27+,29-,31-,32-,36+/m1/s1. The van der Waals surface area contributed by atoms with E-state index in [1.807, 2.05) is 69.2 Å². The predicted molar refractivity (Wildman–Crippen MR) is 186 cm³/mol. The van der Waals surface area contributed by atoms with Gasteiger partial charge in [-0.2, -0.15) is 0 Å². The molecule has 0 fully saturated rings. The van der Waals surface area contributed by atoms with Crippen LogP contribution in [0.25, 0.3) is 0 Å². The van der Waals surface area contributed by atoms with Crippen LogP contribution >= 0.6 is 0 Å². The van der Waals surface area contributed by atoms with Crippen molar-refractivity contribution in [2.45, 2.75) is 152 Å². The summed E-state index contributed by atoms with van der Waals surface area (Å²) in [5.74, 6) is -4.39. The molecule has 0 aromatic rings. The first-order valence-corrected chi connectivity index (χ1v) is 17.8. The van der Waals surface area contributed by atoms with Gasteiger partial charge in [-0.1, -0.05) is 69.2 Å². The molecule has 0 unspecified atom stereocenters. The van der Waals surface area contributed by atoms with Crippen LogP contribution in [-0.4, -0.2) is 74.7 Å². The van der Waals surface area contributed by atoms with Crippen LogP contribution in [0.4, 0.5) is 0 Å². The summed E-state index contributed by atoms with van der Waals surface area (Å²) < 4.78 is 0. The van der Waals surface area contributed by atoms with Crippen LogP contribution < -0.4 is 10.6 Å². The molecule has 0 radical (unpaired) electrons. The predicted octanol–water partition coefficient (Wildman–Crippen LogP) is 4.74. The number of Topliss-reactive ketones (excluding diaryl/α,β-unsaturated/α-hetero) is 3. The quantitative estimate of drug-likeness (QED) is 0.0907. The minimum Gasteiger partial charge on any atom is -0.481 e. The molecule has 0 heterocycles. The molecule has 0 aromatic heterocycles. The van der Waals surface area contributed by atoms with E-state index in [0.717, 1.165) is 0 Å². The van der Waals surface area contributed by atoms with Crippen molar-refractivity contribution in [1.82, 2.24) is 10.6 Å². The molecule has 0 spiro atoms. The fourth-order valence-corrected chi connectivity index (χ4v) is 6.16. The summed E-state index contributed by atoms with van der Waals surface area (Å²) in [6, 6.07) is -1.76. The van der Waals surface area contributed by atoms with Crippen LogP contribution in [0.2, 0.25) is 0 Å². The van der Waals surface area contributed by atoms with Crippen LogP contribution in [0.5, 0.6) is 0 Å². The third-order valence-corrected chi connectivity index (χ3v) is 8.74. The van der Waals surface area contributed by atoms with Gasteiger partial charge >= 0.3 is 5.97 Å². The number of aliphatic hydroxyl groups excluding tert-OH is 2. The molecule has 7 atom stereocenters. The second-order valence-electron chi connectivity index (χ2n) is 15.8. The van der Waals surface area contributed by atoms with Gasteiger partial charge in [-0.25, -0.2) is 0 Å². The molecule has 0 bridgehead atoms. The minimum atomic E-state index is -1.20. The average Bonchev–Trinajstić information content (AvgIpc) is 2.91. The van der Waals surface area contributed by atoms with Crippen molar-refractivity contribution in [3.05, 3.63) is 0 Å². The summed E-state index contributed by atoms with van der Waals surface area (Å²) >= 11 is 0. The zero-order chi connectivity index (χ0) is 37.5. The van der Waals surface area contributed by atoms with Gasteiger partial charge in [0.05, 0.1) is 37.1 Å². The van der Waals surface area contributed by atoms with Gasteiger partial charge in [-0.3, -0.25) is 28.8 Å². The van der Waals surface area contributed by atoms with Gasteiger partial charge in [-0.05, 0) is 61.2 Å². The van der Waals surface area contributed by atoms with Gasteiger partial charge in [0, 0.05) is 31.6 Å². The molecule has 0 aliphatic rings. The van der Waals surface area contributed by atoms with E-state index in [-0.39, 0.29) is 78.5 Å². The smallest absolute Gasteiger partial charge is 0.305 e.